The molecule has 2 nitrogen and oxygen atoms in total. The molecular formula is C57H44N2SSi. The highest BCUT2D eigenvalue weighted by atomic mass is 32.1. The highest BCUT2D eigenvalue weighted by molar-refractivity contribution is 7.27. The Labute approximate surface area is 362 Å². The molecule has 61 heavy (non-hydrogen) atoms. The van der Waals surface area contributed by atoms with Gasteiger partial charge in [0.15, 0.2) is 0 Å². The molecule has 0 bridgehead atoms. The summed E-state index contributed by atoms with van der Waals surface area (Å²) in [5, 5.41) is 11.7. The zero-order valence-electron chi connectivity index (χ0n) is 34.5. The number of thiophene rings is 1. The van der Waals surface area contributed by atoms with E-state index in [0.29, 0.717) is 0 Å². The maximum atomic E-state index is 2.41. The summed E-state index contributed by atoms with van der Waals surface area (Å²) in [5.41, 5.74) is 9.30. The Morgan fingerprint density at radius 2 is 0.852 bits per heavy atom. The van der Waals surface area contributed by atoms with Crippen LogP contribution >= 0.6 is 11.3 Å². The molecule has 0 saturated carbocycles. The minimum Gasteiger partial charge on any atom is -0.311 e. The summed E-state index contributed by atoms with van der Waals surface area (Å²) >= 11 is 1.91. The topological polar surface area (TPSA) is 6.48 Å². The smallest absolute Gasteiger partial charge is 0.0775 e. The molecule has 0 aliphatic heterocycles. The van der Waals surface area contributed by atoms with Gasteiger partial charge in [-0.2, -0.15) is 0 Å². The van der Waals surface area contributed by atoms with Crippen LogP contribution in [0.2, 0.25) is 19.6 Å². The van der Waals surface area contributed by atoms with Crippen LogP contribution in [0.4, 0.5) is 34.1 Å². The molecule has 0 unspecified atom stereocenters. The Bertz CT molecular complexity index is 3390. The Morgan fingerprint density at radius 1 is 0.344 bits per heavy atom. The largest absolute Gasteiger partial charge is 0.311 e. The quantitative estimate of drug-likeness (QED) is 0.111. The standard InChI is InChI=1S/C57H44N2SSi/c1-61(2,3)49-32-29-46(30-33-49)58(43-16-6-4-7-17-43)45-26-22-40(23-27-45)42-25-34-52-54(37-42)50-20-12-13-21-51(50)56-53-35-31-48(38-55(53)60-57(52)56)59(44-18-8-5-9-19-44)47-28-24-39-14-10-11-15-41(39)36-47/h4-38H,1-3H3. The molecule has 0 amide bonds. The molecule has 11 aromatic rings. The second kappa shape index (κ2) is 14.9. The molecule has 0 aliphatic carbocycles. The van der Waals surface area contributed by atoms with Crippen molar-refractivity contribution in [3.05, 3.63) is 212 Å². The SMILES string of the molecule is C[Si](C)(C)c1ccc(N(c2ccccc2)c2ccc(-c3ccc4c(c3)c3ccccc3c3c5ccc(N(c6ccccc6)c6ccc7ccccc7c6)cc5sc43)cc2)cc1. The number of fused-ring (bicyclic) bond motifs is 9. The third-order valence-corrected chi connectivity index (χ3v) is 15.4. The summed E-state index contributed by atoms with van der Waals surface area (Å²) in [4.78, 5) is 4.74. The molecule has 0 atom stereocenters. The molecule has 0 radical (unpaired) electrons. The summed E-state index contributed by atoms with van der Waals surface area (Å²) in [7, 11) is -1.41. The average molecular weight is 817 g/mol. The highest BCUT2D eigenvalue weighted by Crippen LogP contribution is 2.47. The van der Waals surface area contributed by atoms with Crippen LogP contribution in [-0.4, -0.2) is 8.07 Å². The number of hydrogen-bond donors (Lipinski definition) is 0. The molecule has 0 N–H and O–H groups in total. The Hall–Kier alpha value is -6.98. The summed E-state index contributed by atoms with van der Waals surface area (Å²) in [6.07, 6.45) is 0. The molecule has 11 rings (SSSR count). The summed E-state index contributed by atoms with van der Waals surface area (Å²) < 4.78 is 2.61. The molecule has 4 heteroatoms. The fraction of sp³-hybridized carbons (Fsp3) is 0.0526. The van der Waals surface area contributed by atoms with Gasteiger partial charge in [-0.05, 0) is 117 Å². The van der Waals surface area contributed by atoms with Gasteiger partial charge in [0.1, 0.15) is 0 Å². The first kappa shape index (κ1) is 37.0. The van der Waals surface area contributed by atoms with Gasteiger partial charge in [-0.3, -0.25) is 0 Å². The molecule has 0 saturated heterocycles. The first-order valence-corrected chi connectivity index (χ1v) is 25.4. The van der Waals surface area contributed by atoms with Crippen LogP contribution in [-0.2, 0) is 0 Å². The number of anilines is 6. The van der Waals surface area contributed by atoms with Crippen LogP contribution in [0.5, 0.6) is 0 Å². The second-order valence-electron chi connectivity index (χ2n) is 17.0. The fourth-order valence-electron chi connectivity index (χ4n) is 9.04. The number of rotatable bonds is 8. The van der Waals surface area contributed by atoms with Crippen molar-refractivity contribution >= 4 is 111 Å². The van der Waals surface area contributed by atoms with Crippen molar-refractivity contribution in [3.63, 3.8) is 0 Å². The lowest BCUT2D eigenvalue weighted by molar-refractivity contribution is 1.28. The third kappa shape index (κ3) is 6.65. The minimum atomic E-state index is -1.41. The lowest BCUT2D eigenvalue weighted by atomic mass is 9.94. The van der Waals surface area contributed by atoms with Crippen LogP contribution in [0.3, 0.4) is 0 Å². The van der Waals surface area contributed by atoms with E-state index in [1.54, 1.807) is 0 Å². The van der Waals surface area contributed by atoms with Gasteiger partial charge in [0.25, 0.3) is 0 Å². The molecule has 1 aromatic heterocycles. The van der Waals surface area contributed by atoms with Crippen molar-refractivity contribution in [2.75, 3.05) is 9.80 Å². The highest BCUT2D eigenvalue weighted by Gasteiger charge is 2.20. The van der Waals surface area contributed by atoms with Crippen molar-refractivity contribution < 1.29 is 0 Å². The average Bonchev–Trinajstić information content (AvgIpc) is 3.69. The third-order valence-electron chi connectivity index (χ3n) is 12.2. The van der Waals surface area contributed by atoms with Crippen molar-refractivity contribution in [2.24, 2.45) is 0 Å². The van der Waals surface area contributed by atoms with E-state index < -0.39 is 8.07 Å². The van der Waals surface area contributed by atoms with Crippen molar-refractivity contribution in [2.45, 2.75) is 19.6 Å². The number of hydrogen-bond acceptors (Lipinski definition) is 3. The van der Waals surface area contributed by atoms with Crippen LogP contribution in [0.1, 0.15) is 0 Å². The summed E-state index contributed by atoms with van der Waals surface area (Å²) in [5.74, 6) is 0. The predicted molar refractivity (Wildman–Crippen MR) is 270 cm³/mol. The molecular weight excluding hydrogens is 773 g/mol. The van der Waals surface area contributed by atoms with Gasteiger partial charge in [-0.1, -0.05) is 158 Å². The Kier molecular flexibility index (Phi) is 9.07. The molecule has 10 aromatic carbocycles. The molecule has 0 spiro atoms. The summed E-state index contributed by atoms with van der Waals surface area (Å²) in [6, 6.07) is 78.1. The van der Waals surface area contributed by atoms with E-state index in [9.17, 15) is 0 Å². The Morgan fingerprint density at radius 3 is 1.54 bits per heavy atom. The molecule has 0 fully saturated rings. The molecule has 292 valence electrons. The van der Waals surface area contributed by atoms with Crippen LogP contribution < -0.4 is 15.0 Å². The van der Waals surface area contributed by atoms with E-state index in [1.165, 1.54) is 74.5 Å². The molecule has 1 heterocycles. The van der Waals surface area contributed by atoms with E-state index in [2.05, 4.69) is 242 Å². The second-order valence-corrected chi connectivity index (χ2v) is 23.1. The minimum absolute atomic E-state index is 1.14. The van der Waals surface area contributed by atoms with E-state index in [1.807, 2.05) is 11.3 Å². The van der Waals surface area contributed by atoms with Gasteiger partial charge in [-0.15, -0.1) is 11.3 Å². The first-order chi connectivity index (χ1) is 29.9. The maximum Gasteiger partial charge on any atom is 0.0775 e. The van der Waals surface area contributed by atoms with Crippen molar-refractivity contribution in [1.29, 1.82) is 0 Å². The number of nitrogens with zero attached hydrogens (tertiary/aromatic N) is 2. The first-order valence-electron chi connectivity index (χ1n) is 21.1. The van der Waals surface area contributed by atoms with Gasteiger partial charge >= 0.3 is 0 Å². The van der Waals surface area contributed by atoms with Gasteiger partial charge in [0.05, 0.1) is 8.07 Å². The number of para-hydroxylation sites is 2. The van der Waals surface area contributed by atoms with E-state index >= 15 is 0 Å². The molecule has 0 aliphatic rings. The summed E-state index contributed by atoms with van der Waals surface area (Å²) in [6.45, 7) is 7.21. The van der Waals surface area contributed by atoms with E-state index in [-0.39, 0.29) is 0 Å². The van der Waals surface area contributed by atoms with Crippen LogP contribution in [0.25, 0.3) is 63.6 Å². The fourth-order valence-corrected chi connectivity index (χ4v) is 11.5. The maximum absolute atomic E-state index is 2.41. The van der Waals surface area contributed by atoms with Crippen LogP contribution in [0, 0.1) is 0 Å². The van der Waals surface area contributed by atoms with Gasteiger partial charge in [0, 0.05) is 59.7 Å². The van der Waals surface area contributed by atoms with E-state index in [0.717, 1.165) is 28.4 Å². The predicted octanol–water partition coefficient (Wildman–Crippen LogP) is 16.7. The zero-order chi connectivity index (χ0) is 41.1. The van der Waals surface area contributed by atoms with Gasteiger partial charge in [-0.25, -0.2) is 0 Å². The van der Waals surface area contributed by atoms with Crippen LogP contribution in [0.15, 0.2) is 212 Å². The lowest BCUT2D eigenvalue weighted by Gasteiger charge is -2.26. The number of benzene rings is 10. The van der Waals surface area contributed by atoms with E-state index in [4.69, 9.17) is 0 Å². The Balaban J connectivity index is 1.01. The van der Waals surface area contributed by atoms with Crippen molar-refractivity contribution in [1.82, 2.24) is 0 Å². The monoisotopic (exact) mass is 816 g/mol. The van der Waals surface area contributed by atoms with Gasteiger partial charge in [0.2, 0.25) is 0 Å². The zero-order valence-corrected chi connectivity index (χ0v) is 36.3. The normalized spacial score (nSPS) is 11.9. The lowest BCUT2D eigenvalue weighted by Crippen LogP contribution is -2.37. The van der Waals surface area contributed by atoms with Crippen molar-refractivity contribution in [3.8, 4) is 11.1 Å². The van der Waals surface area contributed by atoms with Gasteiger partial charge < -0.3 is 9.80 Å².